The molecule has 20 heavy (non-hydrogen) atoms. The SMILES string of the molecule is CN(C(=O)c1c[nH]c2ccccc12)C1CCC(N)CC1. The summed E-state index contributed by atoms with van der Waals surface area (Å²) in [7, 11) is 1.91. The molecule has 1 saturated carbocycles. The molecule has 0 aliphatic heterocycles. The second-order valence-corrected chi connectivity index (χ2v) is 5.73. The third-order valence-corrected chi connectivity index (χ3v) is 4.43. The molecule has 0 atom stereocenters. The molecule has 0 radical (unpaired) electrons. The van der Waals surface area contributed by atoms with Crippen LogP contribution in [-0.4, -0.2) is 34.9 Å². The van der Waals surface area contributed by atoms with Crippen molar-refractivity contribution in [2.75, 3.05) is 7.05 Å². The van der Waals surface area contributed by atoms with Gasteiger partial charge in [0.05, 0.1) is 5.56 Å². The van der Waals surface area contributed by atoms with Crippen molar-refractivity contribution in [1.29, 1.82) is 0 Å². The molecule has 0 unspecified atom stereocenters. The van der Waals surface area contributed by atoms with Gasteiger partial charge in [-0.05, 0) is 31.7 Å². The van der Waals surface area contributed by atoms with Gasteiger partial charge >= 0.3 is 0 Å². The van der Waals surface area contributed by atoms with Gasteiger partial charge in [0.1, 0.15) is 0 Å². The Labute approximate surface area is 118 Å². The summed E-state index contributed by atoms with van der Waals surface area (Å²) >= 11 is 0. The number of hydrogen-bond acceptors (Lipinski definition) is 2. The summed E-state index contributed by atoms with van der Waals surface area (Å²) in [6.07, 6.45) is 5.85. The van der Waals surface area contributed by atoms with Crippen molar-refractivity contribution in [3.63, 3.8) is 0 Å². The van der Waals surface area contributed by atoms with E-state index in [1.165, 1.54) is 0 Å². The van der Waals surface area contributed by atoms with E-state index in [0.29, 0.717) is 12.1 Å². The maximum Gasteiger partial charge on any atom is 0.256 e. The van der Waals surface area contributed by atoms with Crippen LogP contribution in [0.1, 0.15) is 36.0 Å². The van der Waals surface area contributed by atoms with E-state index in [1.54, 1.807) is 0 Å². The largest absolute Gasteiger partial charge is 0.360 e. The summed E-state index contributed by atoms with van der Waals surface area (Å²) in [6, 6.07) is 8.54. The first-order valence-electron chi connectivity index (χ1n) is 7.25. The topological polar surface area (TPSA) is 62.1 Å². The molecule has 1 aromatic carbocycles. The number of nitrogens with two attached hydrogens (primary N) is 1. The number of carbonyl (C=O) groups is 1. The molecule has 1 fully saturated rings. The van der Waals surface area contributed by atoms with Gasteiger partial charge in [0, 0.05) is 36.2 Å². The highest BCUT2D eigenvalue weighted by atomic mass is 16.2. The lowest BCUT2D eigenvalue weighted by Gasteiger charge is -2.33. The summed E-state index contributed by atoms with van der Waals surface area (Å²) in [5.41, 5.74) is 7.70. The van der Waals surface area contributed by atoms with Crippen LogP contribution in [0, 0.1) is 0 Å². The van der Waals surface area contributed by atoms with Crippen molar-refractivity contribution in [2.45, 2.75) is 37.8 Å². The van der Waals surface area contributed by atoms with Crippen LogP contribution in [0.3, 0.4) is 0 Å². The standard InChI is InChI=1S/C16H21N3O/c1-19(12-8-6-11(17)7-9-12)16(20)14-10-18-15-5-3-2-4-13(14)15/h2-5,10-12,18H,6-9,17H2,1H3. The van der Waals surface area contributed by atoms with Crippen molar-refractivity contribution in [1.82, 2.24) is 9.88 Å². The Kier molecular flexibility index (Phi) is 3.49. The quantitative estimate of drug-likeness (QED) is 0.881. The minimum atomic E-state index is 0.0999. The molecule has 4 nitrogen and oxygen atoms in total. The van der Waals surface area contributed by atoms with Crippen molar-refractivity contribution < 1.29 is 4.79 Å². The van der Waals surface area contributed by atoms with Crippen LogP contribution in [0.15, 0.2) is 30.5 Å². The number of benzene rings is 1. The van der Waals surface area contributed by atoms with Crippen LogP contribution in [-0.2, 0) is 0 Å². The van der Waals surface area contributed by atoms with Gasteiger partial charge in [-0.15, -0.1) is 0 Å². The van der Waals surface area contributed by atoms with Crippen molar-refractivity contribution in [3.8, 4) is 0 Å². The molecule has 1 heterocycles. The summed E-state index contributed by atoms with van der Waals surface area (Å²) in [5.74, 6) is 0.0999. The third kappa shape index (κ3) is 2.31. The van der Waals surface area contributed by atoms with Gasteiger partial charge in [0.2, 0.25) is 0 Å². The van der Waals surface area contributed by atoms with Crippen LogP contribution in [0.5, 0.6) is 0 Å². The summed E-state index contributed by atoms with van der Waals surface area (Å²) in [5, 5.41) is 0.997. The smallest absolute Gasteiger partial charge is 0.256 e. The lowest BCUT2D eigenvalue weighted by atomic mass is 9.90. The van der Waals surface area contributed by atoms with Gasteiger partial charge in [-0.1, -0.05) is 18.2 Å². The number of carbonyl (C=O) groups excluding carboxylic acids is 1. The minimum absolute atomic E-state index is 0.0999. The first kappa shape index (κ1) is 13.2. The number of fused-ring (bicyclic) bond motifs is 1. The van der Waals surface area contributed by atoms with E-state index in [1.807, 2.05) is 42.4 Å². The maximum absolute atomic E-state index is 12.7. The lowest BCUT2D eigenvalue weighted by Crippen LogP contribution is -2.41. The molecule has 106 valence electrons. The Balaban J connectivity index is 1.81. The Hall–Kier alpha value is -1.81. The lowest BCUT2D eigenvalue weighted by molar-refractivity contribution is 0.0692. The highest BCUT2D eigenvalue weighted by Crippen LogP contribution is 2.25. The van der Waals surface area contributed by atoms with E-state index < -0.39 is 0 Å². The predicted octanol–water partition coefficient (Wildman–Crippen LogP) is 2.51. The molecule has 1 amide bonds. The first-order chi connectivity index (χ1) is 9.66. The number of aromatic amines is 1. The number of para-hydroxylation sites is 1. The number of nitrogens with one attached hydrogen (secondary N) is 1. The second kappa shape index (κ2) is 5.29. The average Bonchev–Trinajstić information content (AvgIpc) is 2.90. The predicted molar refractivity (Wildman–Crippen MR) is 80.6 cm³/mol. The number of H-pyrrole nitrogens is 1. The van der Waals surface area contributed by atoms with E-state index >= 15 is 0 Å². The fourth-order valence-corrected chi connectivity index (χ4v) is 3.09. The van der Waals surface area contributed by atoms with Gasteiger partial charge in [-0.25, -0.2) is 0 Å². The average molecular weight is 271 g/mol. The molecule has 0 spiro atoms. The maximum atomic E-state index is 12.7. The zero-order valence-electron chi connectivity index (χ0n) is 11.8. The number of hydrogen-bond donors (Lipinski definition) is 2. The highest BCUT2D eigenvalue weighted by molar-refractivity contribution is 6.06. The van der Waals surface area contributed by atoms with Gasteiger partial charge in [0.15, 0.2) is 0 Å². The Morgan fingerprint density at radius 2 is 1.95 bits per heavy atom. The molecule has 3 N–H and O–H groups in total. The Morgan fingerprint density at radius 3 is 2.70 bits per heavy atom. The molecule has 0 saturated heterocycles. The molecule has 1 aliphatic rings. The van der Waals surface area contributed by atoms with Crippen LogP contribution >= 0.6 is 0 Å². The summed E-state index contributed by atoms with van der Waals surface area (Å²) < 4.78 is 0. The van der Waals surface area contributed by atoms with E-state index in [-0.39, 0.29) is 5.91 Å². The summed E-state index contributed by atoms with van der Waals surface area (Å²) in [6.45, 7) is 0. The molecule has 1 aromatic heterocycles. The van der Waals surface area contributed by atoms with Crippen LogP contribution in [0.2, 0.25) is 0 Å². The molecular weight excluding hydrogens is 250 g/mol. The first-order valence-corrected chi connectivity index (χ1v) is 7.25. The molecular formula is C16H21N3O. The van der Waals surface area contributed by atoms with Gasteiger partial charge in [0.25, 0.3) is 5.91 Å². The number of rotatable bonds is 2. The van der Waals surface area contributed by atoms with E-state index in [4.69, 9.17) is 5.73 Å². The van der Waals surface area contributed by atoms with Gasteiger partial charge < -0.3 is 15.6 Å². The highest BCUT2D eigenvalue weighted by Gasteiger charge is 2.26. The minimum Gasteiger partial charge on any atom is -0.360 e. The van der Waals surface area contributed by atoms with Gasteiger partial charge in [-0.3, -0.25) is 4.79 Å². The molecule has 1 aliphatic carbocycles. The molecule has 0 bridgehead atoms. The van der Waals surface area contributed by atoms with Crippen molar-refractivity contribution in [2.24, 2.45) is 5.73 Å². The fourth-order valence-electron chi connectivity index (χ4n) is 3.09. The zero-order valence-corrected chi connectivity index (χ0v) is 11.8. The van der Waals surface area contributed by atoms with Crippen LogP contribution in [0.25, 0.3) is 10.9 Å². The normalized spacial score (nSPS) is 22.9. The van der Waals surface area contributed by atoms with Crippen LogP contribution < -0.4 is 5.73 Å². The monoisotopic (exact) mass is 271 g/mol. The summed E-state index contributed by atoms with van der Waals surface area (Å²) in [4.78, 5) is 17.7. The fraction of sp³-hybridized carbons (Fsp3) is 0.438. The number of aromatic nitrogens is 1. The van der Waals surface area contributed by atoms with Crippen LogP contribution in [0.4, 0.5) is 0 Å². The third-order valence-electron chi connectivity index (χ3n) is 4.43. The van der Waals surface area contributed by atoms with E-state index in [0.717, 1.165) is 42.1 Å². The molecule has 2 aromatic rings. The van der Waals surface area contributed by atoms with E-state index in [9.17, 15) is 4.79 Å². The number of nitrogens with zero attached hydrogens (tertiary/aromatic N) is 1. The Bertz CT molecular complexity index is 611. The Morgan fingerprint density at radius 1 is 1.25 bits per heavy atom. The molecule has 3 rings (SSSR count). The van der Waals surface area contributed by atoms with E-state index in [2.05, 4.69) is 4.98 Å². The second-order valence-electron chi connectivity index (χ2n) is 5.73. The number of amides is 1. The zero-order chi connectivity index (χ0) is 14.1. The van der Waals surface area contributed by atoms with Gasteiger partial charge in [-0.2, -0.15) is 0 Å². The molecule has 4 heteroatoms. The van der Waals surface area contributed by atoms with Crippen molar-refractivity contribution >= 4 is 16.8 Å². The van der Waals surface area contributed by atoms with Crippen molar-refractivity contribution in [3.05, 3.63) is 36.0 Å².